The van der Waals surface area contributed by atoms with Crippen molar-refractivity contribution in [3.63, 3.8) is 0 Å². The molecule has 4 aromatic rings. The Morgan fingerprint density at radius 1 is 1.11 bits per heavy atom. The molecule has 0 spiro atoms. The number of carbonyl (C=O) groups is 1. The molecule has 3 aromatic heterocycles. The average molecular weight is 372 g/mol. The van der Waals surface area contributed by atoms with Crippen LogP contribution in [0.4, 0.5) is 5.82 Å². The number of fused-ring (bicyclic) bond motifs is 2. The average Bonchev–Trinajstić information content (AvgIpc) is 3.04. The van der Waals surface area contributed by atoms with E-state index in [1.54, 1.807) is 16.9 Å². The number of aromatic nitrogens is 5. The molecule has 0 aliphatic carbocycles. The Morgan fingerprint density at radius 2 is 1.96 bits per heavy atom. The normalized spacial score (nSPS) is 16.0. The summed E-state index contributed by atoms with van der Waals surface area (Å²) in [5, 5.41) is 15.0. The first-order valence-corrected chi connectivity index (χ1v) is 8.91. The number of hydrogen-bond acceptors (Lipinski definition) is 5. The van der Waals surface area contributed by atoms with Crippen LogP contribution in [0.1, 0.15) is 29.2 Å². The van der Waals surface area contributed by atoms with Gasteiger partial charge in [0.05, 0.1) is 11.2 Å². The van der Waals surface area contributed by atoms with Gasteiger partial charge in [0, 0.05) is 35.6 Å². The fourth-order valence-corrected chi connectivity index (χ4v) is 3.86. The summed E-state index contributed by atoms with van der Waals surface area (Å²) in [6, 6.07) is 12.8. The molecule has 5 rings (SSSR count). The summed E-state index contributed by atoms with van der Waals surface area (Å²) in [5.41, 5.74) is 3.38. The molecule has 1 aliphatic heterocycles. The molecule has 0 bridgehead atoms. The Kier molecular flexibility index (Phi) is 3.58. The number of amides is 1. The highest BCUT2D eigenvalue weighted by Crippen LogP contribution is 2.41. The van der Waals surface area contributed by atoms with Crippen molar-refractivity contribution in [1.82, 2.24) is 25.0 Å². The summed E-state index contributed by atoms with van der Waals surface area (Å²) in [7, 11) is 0. The summed E-state index contributed by atoms with van der Waals surface area (Å²) in [6.45, 7) is 1.91. The Morgan fingerprint density at radius 3 is 2.79 bits per heavy atom. The fourth-order valence-electron chi connectivity index (χ4n) is 3.86. The van der Waals surface area contributed by atoms with Crippen LogP contribution in [0, 0.1) is 6.92 Å². The van der Waals surface area contributed by atoms with Crippen LogP contribution in [0.3, 0.4) is 0 Å². The Hall–Kier alpha value is -3.81. The molecular formula is C20H16N6O2. The highest BCUT2D eigenvalue weighted by molar-refractivity contribution is 5.96. The number of aromatic amines is 1. The van der Waals surface area contributed by atoms with Gasteiger partial charge >= 0.3 is 0 Å². The van der Waals surface area contributed by atoms with Crippen LogP contribution in [0.15, 0.2) is 53.5 Å². The lowest BCUT2D eigenvalue weighted by atomic mass is 9.84. The van der Waals surface area contributed by atoms with E-state index in [4.69, 9.17) is 0 Å². The molecule has 8 nitrogen and oxygen atoms in total. The van der Waals surface area contributed by atoms with E-state index < -0.39 is 0 Å². The molecule has 4 heterocycles. The van der Waals surface area contributed by atoms with Crippen LogP contribution in [0.5, 0.6) is 0 Å². The number of anilines is 1. The third kappa shape index (κ3) is 2.50. The maximum Gasteiger partial charge on any atom is 0.264 e. The van der Waals surface area contributed by atoms with Crippen molar-refractivity contribution in [3.8, 4) is 5.82 Å². The van der Waals surface area contributed by atoms with E-state index in [-0.39, 0.29) is 17.4 Å². The van der Waals surface area contributed by atoms with Crippen LogP contribution >= 0.6 is 0 Å². The third-order valence-corrected chi connectivity index (χ3v) is 5.04. The topological polar surface area (TPSA) is 106 Å². The number of aryl methyl sites for hydroxylation is 1. The van der Waals surface area contributed by atoms with Gasteiger partial charge in [-0.25, -0.2) is 5.10 Å². The first-order valence-electron chi connectivity index (χ1n) is 8.91. The minimum atomic E-state index is -0.299. The first kappa shape index (κ1) is 16.4. The summed E-state index contributed by atoms with van der Waals surface area (Å²) in [6.07, 6.45) is 2.10. The standard InChI is InChI=1S/C20H16N6O2/c1-11-19-14(12-8-9-21-15-5-3-2-4-13(12)15)10-18(28)22-20(19)26(25-11)16-6-7-17(27)24-23-16/h2-9,14H,10H2,1H3,(H,22,28)(H,24,27)/t14-/m1/s1. The predicted octanol–water partition coefficient (Wildman–Crippen LogP) is 2.29. The van der Waals surface area contributed by atoms with E-state index in [1.165, 1.54) is 6.07 Å². The van der Waals surface area contributed by atoms with Gasteiger partial charge in [-0.1, -0.05) is 18.2 Å². The quantitative estimate of drug-likeness (QED) is 0.562. The van der Waals surface area contributed by atoms with E-state index in [0.29, 0.717) is 18.1 Å². The minimum Gasteiger partial charge on any atom is -0.310 e. The van der Waals surface area contributed by atoms with E-state index in [1.807, 2.05) is 37.3 Å². The zero-order valence-electron chi connectivity index (χ0n) is 15.0. The van der Waals surface area contributed by atoms with Gasteiger partial charge in [0.15, 0.2) is 5.82 Å². The Labute approximate surface area is 159 Å². The van der Waals surface area contributed by atoms with Crippen molar-refractivity contribution in [2.24, 2.45) is 0 Å². The molecule has 8 heteroatoms. The molecule has 2 N–H and O–H groups in total. The molecular weight excluding hydrogens is 356 g/mol. The van der Waals surface area contributed by atoms with Gasteiger partial charge in [0.25, 0.3) is 5.56 Å². The second-order valence-electron chi connectivity index (χ2n) is 6.76. The Balaban J connectivity index is 1.73. The molecule has 28 heavy (non-hydrogen) atoms. The van der Waals surface area contributed by atoms with Gasteiger partial charge in [-0.05, 0) is 30.7 Å². The van der Waals surface area contributed by atoms with E-state index in [2.05, 4.69) is 25.6 Å². The van der Waals surface area contributed by atoms with Crippen LogP contribution in [-0.4, -0.2) is 30.9 Å². The number of nitrogens with zero attached hydrogens (tertiary/aromatic N) is 4. The number of carbonyl (C=O) groups excluding carboxylic acids is 1. The van der Waals surface area contributed by atoms with E-state index >= 15 is 0 Å². The molecule has 0 radical (unpaired) electrons. The van der Waals surface area contributed by atoms with Crippen LogP contribution < -0.4 is 10.9 Å². The van der Waals surface area contributed by atoms with Gasteiger partial charge in [-0.2, -0.15) is 14.9 Å². The highest BCUT2D eigenvalue weighted by atomic mass is 16.1. The second-order valence-corrected chi connectivity index (χ2v) is 6.76. The van der Waals surface area contributed by atoms with Crippen LogP contribution in [-0.2, 0) is 4.79 Å². The largest absolute Gasteiger partial charge is 0.310 e. The zero-order valence-corrected chi connectivity index (χ0v) is 15.0. The van der Waals surface area contributed by atoms with Crippen LogP contribution in [0.25, 0.3) is 16.7 Å². The SMILES string of the molecule is Cc1nn(-c2ccc(=O)[nH]n2)c2c1[C@@H](c1ccnc3ccccc13)CC(=O)N2. The van der Waals surface area contributed by atoms with Gasteiger partial charge in [-0.15, -0.1) is 0 Å². The summed E-state index contributed by atoms with van der Waals surface area (Å²) < 4.78 is 1.56. The third-order valence-electron chi connectivity index (χ3n) is 5.04. The molecule has 0 saturated heterocycles. The van der Waals surface area contributed by atoms with Crippen molar-refractivity contribution < 1.29 is 4.79 Å². The number of hydrogen-bond donors (Lipinski definition) is 2. The van der Waals surface area contributed by atoms with E-state index in [0.717, 1.165) is 27.7 Å². The smallest absolute Gasteiger partial charge is 0.264 e. The fraction of sp³-hybridized carbons (Fsp3) is 0.150. The predicted molar refractivity (Wildman–Crippen MR) is 104 cm³/mol. The number of para-hydroxylation sites is 1. The minimum absolute atomic E-state index is 0.0935. The van der Waals surface area contributed by atoms with Crippen molar-refractivity contribution >= 4 is 22.6 Å². The molecule has 0 unspecified atom stereocenters. The zero-order chi connectivity index (χ0) is 19.3. The summed E-state index contributed by atoms with van der Waals surface area (Å²) >= 11 is 0. The van der Waals surface area contributed by atoms with Crippen LogP contribution in [0.2, 0.25) is 0 Å². The van der Waals surface area contributed by atoms with Crippen molar-refractivity contribution in [2.45, 2.75) is 19.3 Å². The lowest BCUT2D eigenvalue weighted by Gasteiger charge is -2.25. The molecule has 138 valence electrons. The van der Waals surface area contributed by atoms with Gasteiger partial charge in [0.1, 0.15) is 5.82 Å². The second kappa shape index (κ2) is 6.12. The number of benzene rings is 1. The maximum atomic E-state index is 12.5. The van der Waals surface area contributed by atoms with Crippen molar-refractivity contribution in [3.05, 3.63) is 75.8 Å². The van der Waals surface area contributed by atoms with Gasteiger partial charge < -0.3 is 5.32 Å². The number of nitrogens with one attached hydrogen (secondary N) is 2. The van der Waals surface area contributed by atoms with E-state index in [9.17, 15) is 9.59 Å². The lowest BCUT2D eigenvalue weighted by Crippen LogP contribution is -2.25. The Bertz CT molecular complexity index is 1260. The first-order chi connectivity index (χ1) is 13.6. The van der Waals surface area contributed by atoms with Crippen molar-refractivity contribution in [1.29, 1.82) is 0 Å². The number of rotatable bonds is 2. The highest BCUT2D eigenvalue weighted by Gasteiger charge is 2.33. The summed E-state index contributed by atoms with van der Waals surface area (Å²) in [4.78, 5) is 28.3. The molecule has 1 amide bonds. The van der Waals surface area contributed by atoms with Crippen molar-refractivity contribution in [2.75, 3.05) is 5.32 Å². The molecule has 1 atom stereocenters. The van der Waals surface area contributed by atoms with Gasteiger partial charge in [-0.3, -0.25) is 14.6 Å². The molecule has 0 fully saturated rings. The molecule has 1 aliphatic rings. The monoisotopic (exact) mass is 372 g/mol. The number of H-pyrrole nitrogens is 1. The number of pyridine rings is 1. The summed E-state index contributed by atoms with van der Waals surface area (Å²) in [5.74, 6) is 0.779. The van der Waals surface area contributed by atoms with Gasteiger partial charge in [0.2, 0.25) is 5.91 Å². The maximum absolute atomic E-state index is 12.5. The molecule has 1 aromatic carbocycles. The molecule has 0 saturated carbocycles. The lowest BCUT2D eigenvalue weighted by molar-refractivity contribution is -0.116.